The summed E-state index contributed by atoms with van der Waals surface area (Å²) in [6, 6.07) is 19.1. The first kappa shape index (κ1) is 21.3. The summed E-state index contributed by atoms with van der Waals surface area (Å²) in [5.41, 5.74) is 2.68. The Kier molecular flexibility index (Phi) is 5.88. The molecule has 4 aromatic rings. The van der Waals surface area contributed by atoms with Crippen LogP contribution in [0.2, 0.25) is 0 Å². The Labute approximate surface area is 194 Å². The van der Waals surface area contributed by atoms with Gasteiger partial charge in [0.05, 0.1) is 21.7 Å². The van der Waals surface area contributed by atoms with Crippen molar-refractivity contribution >= 4 is 34.1 Å². The lowest BCUT2D eigenvalue weighted by Crippen LogP contribution is -2.46. The Morgan fingerprint density at radius 2 is 1.76 bits per heavy atom. The fourth-order valence-corrected chi connectivity index (χ4v) is 4.86. The molecule has 166 valence electrons. The second-order valence-corrected chi connectivity index (χ2v) is 9.04. The number of amides is 2. The van der Waals surface area contributed by atoms with Crippen molar-refractivity contribution in [2.75, 3.05) is 13.1 Å². The molecule has 0 unspecified atom stereocenters. The number of rotatable bonds is 4. The molecule has 1 N–H and O–H groups in total. The highest BCUT2D eigenvalue weighted by Gasteiger charge is 2.26. The van der Waals surface area contributed by atoms with Gasteiger partial charge in [0.15, 0.2) is 0 Å². The molecule has 2 amide bonds. The molecule has 33 heavy (non-hydrogen) atoms. The van der Waals surface area contributed by atoms with E-state index in [0.717, 1.165) is 21.5 Å². The van der Waals surface area contributed by atoms with E-state index >= 15 is 0 Å². The molecule has 1 saturated heterocycles. The quantitative estimate of drug-likeness (QED) is 0.460. The number of hydrogen-bond acceptors (Lipinski definition) is 4. The van der Waals surface area contributed by atoms with Crippen LogP contribution >= 0.6 is 11.3 Å². The fraction of sp³-hybridized carbons (Fsp3) is 0.192. The molecule has 0 bridgehead atoms. The number of benzene rings is 2. The van der Waals surface area contributed by atoms with Gasteiger partial charge in [-0.3, -0.25) is 9.59 Å². The summed E-state index contributed by atoms with van der Waals surface area (Å²) in [5.74, 6) is -0.612. The number of carbonyl (C=O) groups excluding carboxylic acids is 2. The van der Waals surface area contributed by atoms with Gasteiger partial charge < -0.3 is 10.2 Å². The molecule has 0 atom stereocenters. The van der Waals surface area contributed by atoms with Crippen molar-refractivity contribution in [3.63, 3.8) is 0 Å². The standard InChI is InChI=1S/C26H22FN3O2S/c27-18-9-7-17(8-10-18)25(31)28-19-11-13-30(14-12-19)26(32)21-16-23(24-6-3-15-33-24)29-22-5-2-1-4-20(21)22/h1-10,15-16,19H,11-14H2,(H,28,31). The maximum atomic E-state index is 13.5. The summed E-state index contributed by atoms with van der Waals surface area (Å²) in [6.07, 6.45) is 1.33. The molecule has 0 aliphatic carbocycles. The third kappa shape index (κ3) is 4.50. The van der Waals surface area contributed by atoms with E-state index in [0.29, 0.717) is 37.1 Å². The van der Waals surface area contributed by atoms with Gasteiger partial charge in [0.2, 0.25) is 0 Å². The lowest BCUT2D eigenvalue weighted by Gasteiger charge is -2.32. The molecule has 2 aromatic heterocycles. The predicted octanol–water partition coefficient (Wildman–Crippen LogP) is 5.14. The molecule has 2 aromatic carbocycles. The number of carbonyl (C=O) groups is 2. The molecule has 1 aliphatic heterocycles. The first-order valence-corrected chi connectivity index (χ1v) is 11.8. The van der Waals surface area contributed by atoms with Crippen LogP contribution in [-0.2, 0) is 0 Å². The minimum absolute atomic E-state index is 0.0188. The van der Waals surface area contributed by atoms with Crippen LogP contribution in [0.15, 0.2) is 72.1 Å². The summed E-state index contributed by atoms with van der Waals surface area (Å²) in [4.78, 5) is 33.6. The average molecular weight is 460 g/mol. The number of nitrogens with zero attached hydrogens (tertiary/aromatic N) is 2. The third-order valence-corrected chi connectivity index (χ3v) is 6.84. The van der Waals surface area contributed by atoms with E-state index in [4.69, 9.17) is 4.98 Å². The molecule has 0 saturated carbocycles. The number of para-hydroxylation sites is 1. The van der Waals surface area contributed by atoms with E-state index in [2.05, 4.69) is 5.32 Å². The van der Waals surface area contributed by atoms with E-state index in [1.165, 1.54) is 24.3 Å². The second-order valence-electron chi connectivity index (χ2n) is 8.10. The number of hydrogen-bond donors (Lipinski definition) is 1. The Morgan fingerprint density at radius 1 is 1.00 bits per heavy atom. The molecule has 3 heterocycles. The first-order valence-electron chi connectivity index (χ1n) is 10.9. The van der Waals surface area contributed by atoms with Gasteiger partial charge in [-0.2, -0.15) is 0 Å². The summed E-state index contributed by atoms with van der Waals surface area (Å²) >= 11 is 1.60. The zero-order valence-electron chi connectivity index (χ0n) is 17.8. The lowest BCUT2D eigenvalue weighted by molar-refractivity contribution is 0.0700. The zero-order valence-corrected chi connectivity index (χ0v) is 18.6. The number of piperidine rings is 1. The van der Waals surface area contributed by atoms with Gasteiger partial charge in [-0.15, -0.1) is 11.3 Å². The van der Waals surface area contributed by atoms with Gasteiger partial charge in [0.1, 0.15) is 5.82 Å². The molecular weight excluding hydrogens is 437 g/mol. The van der Waals surface area contributed by atoms with Crippen LogP contribution in [0.1, 0.15) is 33.6 Å². The van der Waals surface area contributed by atoms with Crippen molar-refractivity contribution in [2.24, 2.45) is 0 Å². The molecule has 5 rings (SSSR count). The summed E-state index contributed by atoms with van der Waals surface area (Å²) in [6.45, 7) is 1.11. The third-order valence-electron chi connectivity index (χ3n) is 5.94. The number of nitrogens with one attached hydrogen (secondary N) is 1. The summed E-state index contributed by atoms with van der Waals surface area (Å²) < 4.78 is 13.1. The van der Waals surface area contributed by atoms with Gasteiger partial charge >= 0.3 is 0 Å². The van der Waals surface area contributed by atoms with Gasteiger partial charge in [0, 0.05) is 30.1 Å². The van der Waals surface area contributed by atoms with Crippen LogP contribution in [0.25, 0.3) is 21.5 Å². The monoisotopic (exact) mass is 459 g/mol. The van der Waals surface area contributed by atoms with Gasteiger partial charge in [-0.1, -0.05) is 24.3 Å². The first-order chi connectivity index (χ1) is 16.1. The molecule has 7 heteroatoms. The van der Waals surface area contributed by atoms with Crippen molar-refractivity contribution in [1.82, 2.24) is 15.2 Å². The summed E-state index contributed by atoms with van der Waals surface area (Å²) in [7, 11) is 0. The van der Waals surface area contributed by atoms with E-state index in [1.807, 2.05) is 52.7 Å². The average Bonchev–Trinajstić information content (AvgIpc) is 3.39. The van der Waals surface area contributed by atoms with Gasteiger partial charge in [-0.05, 0) is 60.7 Å². The van der Waals surface area contributed by atoms with Crippen molar-refractivity contribution in [3.05, 3.63) is 89.1 Å². The molecule has 1 aliphatic rings. The van der Waals surface area contributed by atoms with Crippen LogP contribution in [0.4, 0.5) is 4.39 Å². The Balaban J connectivity index is 1.31. The van der Waals surface area contributed by atoms with E-state index in [9.17, 15) is 14.0 Å². The van der Waals surface area contributed by atoms with Crippen molar-refractivity contribution in [2.45, 2.75) is 18.9 Å². The second kappa shape index (κ2) is 9.11. The highest BCUT2D eigenvalue weighted by Crippen LogP contribution is 2.29. The smallest absolute Gasteiger partial charge is 0.254 e. The van der Waals surface area contributed by atoms with Gasteiger partial charge in [-0.25, -0.2) is 9.37 Å². The van der Waals surface area contributed by atoms with E-state index < -0.39 is 0 Å². The number of aromatic nitrogens is 1. The zero-order chi connectivity index (χ0) is 22.8. The molecule has 0 radical (unpaired) electrons. The number of pyridine rings is 1. The lowest BCUT2D eigenvalue weighted by atomic mass is 10.0. The SMILES string of the molecule is O=C(NC1CCN(C(=O)c2cc(-c3cccs3)nc3ccccc23)CC1)c1ccc(F)cc1. The topological polar surface area (TPSA) is 62.3 Å². The molecular formula is C26H22FN3O2S. The largest absolute Gasteiger partial charge is 0.349 e. The van der Waals surface area contributed by atoms with Crippen molar-refractivity contribution < 1.29 is 14.0 Å². The van der Waals surface area contributed by atoms with Crippen molar-refractivity contribution in [1.29, 1.82) is 0 Å². The number of halogens is 1. The van der Waals surface area contributed by atoms with E-state index in [1.54, 1.807) is 11.3 Å². The highest BCUT2D eigenvalue weighted by molar-refractivity contribution is 7.13. The van der Waals surface area contributed by atoms with Crippen LogP contribution in [-0.4, -0.2) is 40.8 Å². The van der Waals surface area contributed by atoms with Crippen LogP contribution in [0, 0.1) is 5.82 Å². The number of likely N-dealkylation sites (tertiary alicyclic amines) is 1. The Bertz CT molecular complexity index is 1300. The fourth-order valence-electron chi connectivity index (χ4n) is 4.17. The number of fused-ring (bicyclic) bond motifs is 1. The van der Waals surface area contributed by atoms with Crippen LogP contribution in [0.3, 0.4) is 0 Å². The number of thiophene rings is 1. The predicted molar refractivity (Wildman–Crippen MR) is 128 cm³/mol. The molecule has 0 spiro atoms. The van der Waals surface area contributed by atoms with Crippen LogP contribution in [0.5, 0.6) is 0 Å². The molecule has 5 nitrogen and oxygen atoms in total. The Morgan fingerprint density at radius 3 is 2.48 bits per heavy atom. The minimum atomic E-state index is -0.371. The maximum absolute atomic E-state index is 13.5. The Hall–Kier alpha value is -3.58. The summed E-state index contributed by atoms with van der Waals surface area (Å²) in [5, 5.41) is 5.84. The highest BCUT2D eigenvalue weighted by atomic mass is 32.1. The molecule has 1 fully saturated rings. The van der Waals surface area contributed by atoms with Crippen LogP contribution < -0.4 is 5.32 Å². The van der Waals surface area contributed by atoms with E-state index in [-0.39, 0.29) is 23.7 Å². The van der Waals surface area contributed by atoms with Crippen molar-refractivity contribution in [3.8, 4) is 10.6 Å². The van der Waals surface area contributed by atoms with Gasteiger partial charge in [0.25, 0.3) is 11.8 Å². The maximum Gasteiger partial charge on any atom is 0.254 e. The normalized spacial score (nSPS) is 14.4. The minimum Gasteiger partial charge on any atom is -0.349 e.